The molecule has 0 aliphatic heterocycles. The Bertz CT molecular complexity index is 1470. The Morgan fingerprint density at radius 2 is 1.92 bits per heavy atom. The Hall–Kier alpha value is -3.51. The van der Waals surface area contributed by atoms with Crippen LogP contribution in [0.3, 0.4) is 0 Å². The molecule has 2 aromatic heterocycles. The number of rotatable bonds is 5. The van der Waals surface area contributed by atoms with Gasteiger partial charge in [0.15, 0.2) is 0 Å². The van der Waals surface area contributed by atoms with Gasteiger partial charge in [-0.3, -0.25) is 4.79 Å². The van der Waals surface area contributed by atoms with Crippen molar-refractivity contribution >= 4 is 39.1 Å². The summed E-state index contributed by atoms with van der Waals surface area (Å²) in [5, 5.41) is 4.43. The van der Waals surface area contributed by atoms with Crippen molar-refractivity contribution in [3.63, 3.8) is 0 Å². The van der Waals surface area contributed by atoms with Gasteiger partial charge in [-0.15, -0.1) is 11.3 Å². The predicted octanol–water partition coefficient (Wildman–Crippen LogP) is 7.21. The number of aryl methyl sites for hydroxylation is 1. The molecule has 0 bridgehead atoms. The number of anilines is 1. The Kier molecular flexibility index (Phi) is 6.63. The van der Waals surface area contributed by atoms with Crippen LogP contribution in [0.1, 0.15) is 63.9 Å². The molecule has 184 valence electrons. The quantitative estimate of drug-likeness (QED) is 0.295. The molecule has 0 fully saturated rings. The van der Waals surface area contributed by atoms with Gasteiger partial charge in [-0.2, -0.15) is 0 Å². The van der Waals surface area contributed by atoms with Gasteiger partial charge in [-0.1, -0.05) is 48.9 Å². The molecular weight excluding hydrogens is 468 g/mol. The van der Waals surface area contributed by atoms with Crippen LogP contribution in [-0.2, 0) is 17.6 Å². The van der Waals surface area contributed by atoms with Gasteiger partial charge in [-0.05, 0) is 69.7 Å². The fourth-order valence-electron chi connectivity index (χ4n) is 4.81. The van der Waals surface area contributed by atoms with Gasteiger partial charge >= 0.3 is 5.97 Å². The van der Waals surface area contributed by atoms with Gasteiger partial charge in [0.25, 0.3) is 5.91 Å². The summed E-state index contributed by atoms with van der Waals surface area (Å²) >= 11 is 1.50. The zero-order chi connectivity index (χ0) is 25.4. The molecule has 1 atom stereocenters. The monoisotopic (exact) mass is 498 g/mol. The second kappa shape index (κ2) is 9.86. The number of carbonyl (C=O) groups excluding carboxylic acids is 2. The predicted molar refractivity (Wildman–Crippen MR) is 146 cm³/mol. The molecular formula is C30H30N2O3S. The topological polar surface area (TPSA) is 68.3 Å². The maximum absolute atomic E-state index is 13.8. The minimum Gasteiger partial charge on any atom is -0.459 e. The number of thiophene rings is 1. The van der Waals surface area contributed by atoms with E-state index >= 15 is 0 Å². The number of hydrogen-bond donors (Lipinski definition) is 1. The summed E-state index contributed by atoms with van der Waals surface area (Å²) in [6.45, 7) is 7.94. The highest BCUT2D eigenvalue weighted by molar-refractivity contribution is 7.17. The van der Waals surface area contributed by atoms with Gasteiger partial charge in [-0.25, -0.2) is 9.78 Å². The van der Waals surface area contributed by atoms with Crippen LogP contribution in [0, 0.1) is 12.8 Å². The van der Waals surface area contributed by atoms with Crippen molar-refractivity contribution in [3.8, 4) is 11.3 Å². The molecule has 36 heavy (non-hydrogen) atoms. The van der Waals surface area contributed by atoms with E-state index in [4.69, 9.17) is 9.72 Å². The number of nitrogens with zero attached hydrogens (tertiary/aromatic N) is 1. The van der Waals surface area contributed by atoms with Gasteiger partial charge in [0.1, 0.15) is 5.00 Å². The van der Waals surface area contributed by atoms with E-state index in [1.807, 2.05) is 69.3 Å². The van der Waals surface area contributed by atoms with Crippen LogP contribution in [0.2, 0.25) is 0 Å². The van der Waals surface area contributed by atoms with E-state index in [1.165, 1.54) is 16.2 Å². The molecule has 5 nitrogen and oxygen atoms in total. The summed E-state index contributed by atoms with van der Waals surface area (Å²) in [6.07, 6.45) is 2.52. The van der Waals surface area contributed by atoms with Crippen molar-refractivity contribution in [3.05, 3.63) is 81.7 Å². The number of carbonyl (C=O) groups is 2. The van der Waals surface area contributed by atoms with Crippen LogP contribution < -0.4 is 5.32 Å². The molecule has 2 aromatic carbocycles. The van der Waals surface area contributed by atoms with Gasteiger partial charge < -0.3 is 10.1 Å². The lowest BCUT2D eigenvalue weighted by Gasteiger charge is -2.19. The lowest BCUT2D eigenvalue weighted by Crippen LogP contribution is -2.19. The van der Waals surface area contributed by atoms with E-state index in [2.05, 4.69) is 18.3 Å². The second-order valence-corrected chi connectivity index (χ2v) is 11.0. The summed E-state index contributed by atoms with van der Waals surface area (Å²) in [5.41, 5.74) is 5.64. The standard InChI is InChI=1S/C30H30N2O3S/c1-17(2)35-30(34)27-22-13-12-19(4)15-26(22)36-29(27)32-28(33)23-16-25(20-9-7-8-18(3)14-20)31-24-11-6-5-10-21(23)24/h5-11,14,16-17,19H,12-13,15H2,1-4H3,(H,32,33). The third-order valence-electron chi connectivity index (χ3n) is 6.56. The molecule has 1 N–H and O–H groups in total. The number of benzene rings is 2. The van der Waals surface area contributed by atoms with Crippen LogP contribution in [0.5, 0.6) is 0 Å². The molecule has 1 aliphatic carbocycles. The number of hydrogen-bond acceptors (Lipinski definition) is 5. The average Bonchev–Trinajstić information content (AvgIpc) is 3.19. The first-order chi connectivity index (χ1) is 17.3. The number of fused-ring (bicyclic) bond motifs is 2. The highest BCUT2D eigenvalue weighted by atomic mass is 32.1. The van der Waals surface area contributed by atoms with E-state index in [1.54, 1.807) is 0 Å². The number of amides is 1. The van der Waals surface area contributed by atoms with Gasteiger partial charge in [0.05, 0.1) is 28.4 Å². The van der Waals surface area contributed by atoms with Crippen LogP contribution in [0.15, 0.2) is 54.6 Å². The van der Waals surface area contributed by atoms with Crippen molar-refractivity contribution in [2.24, 2.45) is 5.92 Å². The maximum Gasteiger partial charge on any atom is 0.341 e. The van der Waals surface area contributed by atoms with E-state index in [-0.39, 0.29) is 18.0 Å². The molecule has 6 heteroatoms. The zero-order valence-electron chi connectivity index (χ0n) is 21.1. The summed E-state index contributed by atoms with van der Waals surface area (Å²) in [7, 11) is 0. The van der Waals surface area contributed by atoms with Crippen molar-refractivity contribution in [1.82, 2.24) is 4.98 Å². The summed E-state index contributed by atoms with van der Waals surface area (Å²) < 4.78 is 5.58. The third kappa shape index (κ3) is 4.78. The summed E-state index contributed by atoms with van der Waals surface area (Å²) in [5.74, 6) is -0.0742. The normalized spacial score (nSPS) is 15.1. The molecule has 1 amide bonds. The first kappa shape index (κ1) is 24.2. The van der Waals surface area contributed by atoms with Crippen molar-refractivity contribution in [1.29, 1.82) is 0 Å². The molecule has 1 aliphatic rings. The molecule has 0 saturated heterocycles. The Morgan fingerprint density at radius 1 is 1.11 bits per heavy atom. The van der Waals surface area contributed by atoms with Crippen molar-refractivity contribution < 1.29 is 14.3 Å². The number of nitrogens with one attached hydrogen (secondary N) is 1. The molecule has 4 aromatic rings. The highest BCUT2D eigenvalue weighted by Crippen LogP contribution is 2.40. The van der Waals surface area contributed by atoms with E-state index in [0.717, 1.165) is 52.5 Å². The smallest absolute Gasteiger partial charge is 0.341 e. The summed E-state index contributed by atoms with van der Waals surface area (Å²) in [4.78, 5) is 32.9. The number of para-hydroxylation sites is 1. The Morgan fingerprint density at radius 3 is 2.69 bits per heavy atom. The number of aromatic nitrogens is 1. The first-order valence-electron chi connectivity index (χ1n) is 12.4. The van der Waals surface area contributed by atoms with Gasteiger partial charge in [0.2, 0.25) is 0 Å². The SMILES string of the molecule is Cc1cccc(-c2cc(C(=O)Nc3sc4c(c3C(=O)OC(C)C)CCC(C)C4)c3ccccc3n2)c1. The van der Waals surface area contributed by atoms with Crippen LogP contribution in [0.25, 0.3) is 22.2 Å². The summed E-state index contributed by atoms with van der Waals surface area (Å²) in [6, 6.07) is 17.6. The number of pyridine rings is 1. The van der Waals surface area contributed by atoms with Gasteiger partial charge in [0, 0.05) is 15.8 Å². The van der Waals surface area contributed by atoms with E-state index in [0.29, 0.717) is 22.0 Å². The fraction of sp³-hybridized carbons (Fsp3) is 0.300. The molecule has 0 spiro atoms. The first-order valence-corrected chi connectivity index (χ1v) is 13.3. The number of esters is 1. The highest BCUT2D eigenvalue weighted by Gasteiger charge is 2.30. The van der Waals surface area contributed by atoms with E-state index in [9.17, 15) is 9.59 Å². The third-order valence-corrected chi connectivity index (χ3v) is 7.73. The lowest BCUT2D eigenvalue weighted by molar-refractivity contribution is 0.0378. The second-order valence-electron chi connectivity index (χ2n) is 9.91. The molecule has 0 radical (unpaired) electrons. The molecule has 0 saturated carbocycles. The number of ether oxygens (including phenoxy) is 1. The minimum absolute atomic E-state index is 0.236. The zero-order valence-corrected chi connectivity index (χ0v) is 21.9. The van der Waals surface area contributed by atoms with Crippen molar-refractivity contribution in [2.45, 2.75) is 53.1 Å². The van der Waals surface area contributed by atoms with Crippen LogP contribution in [0.4, 0.5) is 5.00 Å². The average molecular weight is 499 g/mol. The largest absolute Gasteiger partial charge is 0.459 e. The molecule has 1 unspecified atom stereocenters. The van der Waals surface area contributed by atoms with E-state index < -0.39 is 0 Å². The Labute approximate surface area is 215 Å². The lowest BCUT2D eigenvalue weighted by atomic mass is 9.88. The van der Waals surface area contributed by atoms with Crippen LogP contribution >= 0.6 is 11.3 Å². The Balaban J connectivity index is 1.58. The maximum atomic E-state index is 13.8. The minimum atomic E-state index is -0.368. The molecule has 2 heterocycles. The van der Waals surface area contributed by atoms with Crippen molar-refractivity contribution in [2.75, 3.05) is 5.32 Å². The van der Waals surface area contributed by atoms with Crippen LogP contribution in [-0.4, -0.2) is 23.0 Å². The molecule has 5 rings (SSSR count). The fourth-order valence-corrected chi connectivity index (χ4v) is 6.21.